The average molecular weight is 354 g/mol. The molecule has 1 fully saturated rings. The molecule has 1 aliphatic carbocycles. The summed E-state index contributed by atoms with van der Waals surface area (Å²) in [4.78, 5) is 10.9. The highest BCUT2D eigenvalue weighted by atomic mass is 16.4. The first-order valence-corrected chi connectivity index (χ1v) is 11.0. The van der Waals surface area contributed by atoms with Gasteiger partial charge in [-0.15, -0.1) is 0 Å². The third-order valence-corrected chi connectivity index (χ3v) is 6.05. The van der Waals surface area contributed by atoms with Crippen molar-refractivity contribution in [2.75, 3.05) is 27.2 Å². The normalized spacial score (nSPS) is 21.4. The zero-order chi connectivity index (χ0) is 18.5. The fourth-order valence-electron chi connectivity index (χ4n) is 4.40. The molecule has 1 aliphatic rings. The summed E-state index contributed by atoms with van der Waals surface area (Å²) in [6.07, 6.45) is 17.7. The Labute approximate surface area is 156 Å². The van der Waals surface area contributed by atoms with Crippen LogP contribution in [-0.4, -0.2) is 37.6 Å². The Morgan fingerprint density at radius 3 is 1.80 bits per heavy atom. The van der Waals surface area contributed by atoms with Gasteiger partial charge >= 0.3 is 0 Å². The van der Waals surface area contributed by atoms with Gasteiger partial charge in [0, 0.05) is 11.9 Å². The molecule has 3 nitrogen and oxygen atoms in total. The monoisotopic (exact) mass is 353 g/mol. The fourth-order valence-corrected chi connectivity index (χ4v) is 4.40. The van der Waals surface area contributed by atoms with Gasteiger partial charge in [-0.3, -0.25) is 0 Å². The SMILES string of the molecule is CCCCCCCCCCCC[N+](C)(C)CC1CCC(C(=O)[O-])CC1. The first kappa shape index (κ1) is 22.5. The summed E-state index contributed by atoms with van der Waals surface area (Å²) in [6, 6.07) is 0. The van der Waals surface area contributed by atoms with Crippen LogP contribution in [0.4, 0.5) is 0 Å². The molecule has 0 heterocycles. The van der Waals surface area contributed by atoms with Crippen LogP contribution < -0.4 is 5.11 Å². The smallest absolute Gasteiger partial charge is 0.0811 e. The lowest BCUT2D eigenvalue weighted by atomic mass is 9.81. The van der Waals surface area contributed by atoms with Crippen LogP contribution in [0.1, 0.15) is 96.8 Å². The van der Waals surface area contributed by atoms with E-state index in [9.17, 15) is 9.90 Å². The van der Waals surface area contributed by atoms with Crippen molar-refractivity contribution in [1.29, 1.82) is 0 Å². The summed E-state index contributed by atoms with van der Waals surface area (Å²) in [5.74, 6) is -0.319. The van der Waals surface area contributed by atoms with E-state index < -0.39 is 5.97 Å². The molecule has 0 unspecified atom stereocenters. The third-order valence-electron chi connectivity index (χ3n) is 6.05. The van der Waals surface area contributed by atoms with Crippen molar-refractivity contribution in [3.8, 4) is 0 Å². The lowest BCUT2D eigenvalue weighted by molar-refractivity contribution is -0.894. The van der Waals surface area contributed by atoms with E-state index in [2.05, 4.69) is 21.0 Å². The number of carboxylic acids is 1. The maximum atomic E-state index is 10.9. The van der Waals surface area contributed by atoms with Crippen molar-refractivity contribution >= 4 is 5.97 Å². The van der Waals surface area contributed by atoms with Crippen molar-refractivity contribution in [2.24, 2.45) is 11.8 Å². The van der Waals surface area contributed by atoms with E-state index in [4.69, 9.17) is 0 Å². The molecular weight excluding hydrogens is 310 g/mol. The summed E-state index contributed by atoms with van der Waals surface area (Å²) >= 11 is 0. The van der Waals surface area contributed by atoms with Gasteiger partial charge in [0.2, 0.25) is 0 Å². The molecule has 0 aromatic carbocycles. The molecule has 0 radical (unpaired) electrons. The van der Waals surface area contributed by atoms with Gasteiger partial charge in [0.25, 0.3) is 0 Å². The molecule has 1 saturated carbocycles. The molecule has 0 aliphatic heterocycles. The zero-order valence-electron chi connectivity index (χ0n) is 17.2. The summed E-state index contributed by atoms with van der Waals surface area (Å²) in [7, 11) is 4.69. The number of nitrogens with zero attached hydrogens (tertiary/aromatic N) is 1. The van der Waals surface area contributed by atoms with Crippen LogP contribution >= 0.6 is 0 Å². The Bertz CT molecular complexity index is 346. The summed E-state index contributed by atoms with van der Waals surface area (Å²) < 4.78 is 1.09. The molecule has 1 rings (SSSR count). The molecule has 0 atom stereocenters. The van der Waals surface area contributed by atoms with Gasteiger partial charge in [0.1, 0.15) is 0 Å². The van der Waals surface area contributed by atoms with Gasteiger partial charge in [0.15, 0.2) is 0 Å². The fraction of sp³-hybridized carbons (Fsp3) is 0.955. The second-order valence-electron chi connectivity index (χ2n) is 9.06. The van der Waals surface area contributed by atoms with Gasteiger partial charge in [-0.1, -0.05) is 58.3 Å². The van der Waals surface area contributed by atoms with Crippen LogP contribution in [-0.2, 0) is 4.79 Å². The van der Waals surface area contributed by atoms with Crippen LogP contribution in [0.3, 0.4) is 0 Å². The molecule has 0 spiro atoms. The maximum absolute atomic E-state index is 10.9. The van der Waals surface area contributed by atoms with Crippen molar-refractivity contribution in [2.45, 2.75) is 96.8 Å². The highest BCUT2D eigenvalue weighted by molar-refractivity contribution is 5.67. The minimum absolute atomic E-state index is 0.186. The maximum Gasteiger partial charge on any atom is 0.0811 e. The first-order valence-electron chi connectivity index (χ1n) is 11.0. The van der Waals surface area contributed by atoms with Crippen LogP contribution in [0.5, 0.6) is 0 Å². The molecule has 0 saturated heterocycles. The molecule has 0 N–H and O–H groups in total. The van der Waals surface area contributed by atoms with Crippen LogP contribution in [0.2, 0.25) is 0 Å². The number of hydrogen-bond acceptors (Lipinski definition) is 2. The number of unbranched alkanes of at least 4 members (excludes halogenated alkanes) is 9. The zero-order valence-corrected chi connectivity index (χ0v) is 17.2. The third kappa shape index (κ3) is 10.9. The van der Waals surface area contributed by atoms with E-state index >= 15 is 0 Å². The summed E-state index contributed by atoms with van der Waals surface area (Å²) in [6.45, 7) is 4.74. The topological polar surface area (TPSA) is 40.1 Å². The van der Waals surface area contributed by atoms with Crippen molar-refractivity contribution in [3.05, 3.63) is 0 Å². The first-order chi connectivity index (χ1) is 11.9. The van der Waals surface area contributed by atoms with Gasteiger partial charge in [0.05, 0.1) is 27.2 Å². The number of carbonyl (C=O) groups excluding carboxylic acids is 1. The summed E-state index contributed by atoms with van der Waals surface area (Å²) in [5.41, 5.74) is 0. The van der Waals surface area contributed by atoms with E-state index in [0.29, 0.717) is 5.92 Å². The molecule has 0 aromatic heterocycles. The molecule has 148 valence electrons. The largest absolute Gasteiger partial charge is 0.550 e. The Morgan fingerprint density at radius 2 is 1.32 bits per heavy atom. The van der Waals surface area contributed by atoms with Gasteiger partial charge < -0.3 is 14.4 Å². The Morgan fingerprint density at radius 1 is 0.840 bits per heavy atom. The highest BCUT2D eigenvalue weighted by Crippen LogP contribution is 2.30. The van der Waals surface area contributed by atoms with Crippen molar-refractivity contribution in [1.82, 2.24) is 0 Å². The van der Waals surface area contributed by atoms with Crippen LogP contribution in [0.15, 0.2) is 0 Å². The molecular formula is C22H43NO2. The standard InChI is InChI=1S/C22H43NO2/c1-4-5-6-7-8-9-10-11-12-13-18-23(2,3)19-20-14-16-21(17-15-20)22(24)25/h20-21H,4-19H2,1-3H3. The van der Waals surface area contributed by atoms with Crippen LogP contribution in [0.25, 0.3) is 0 Å². The minimum atomic E-state index is -0.836. The van der Waals surface area contributed by atoms with Gasteiger partial charge in [-0.2, -0.15) is 0 Å². The summed E-state index contributed by atoms with van der Waals surface area (Å²) in [5, 5.41) is 10.9. The van der Waals surface area contributed by atoms with Gasteiger partial charge in [-0.05, 0) is 44.4 Å². The van der Waals surface area contributed by atoms with E-state index in [-0.39, 0.29) is 5.92 Å². The Balaban J connectivity index is 2.01. The molecule has 0 amide bonds. The molecule has 0 bridgehead atoms. The number of hydrogen-bond donors (Lipinski definition) is 0. The lowest BCUT2D eigenvalue weighted by Crippen LogP contribution is -2.45. The second-order valence-corrected chi connectivity index (χ2v) is 9.06. The predicted octanol–water partition coefficient (Wildman–Crippen LogP) is 4.54. The number of rotatable bonds is 14. The lowest BCUT2D eigenvalue weighted by Gasteiger charge is -2.36. The van der Waals surface area contributed by atoms with Crippen LogP contribution in [0, 0.1) is 11.8 Å². The number of quaternary nitrogens is 1. The second kappa shape index (κ2) is 12.7. The van der Waals surface area contributed by atoms with Crippen molar-refractivity contribution in [3.63, 3.8) is 0 Å². The Hall–Kier alpha value is -0.570. The number of aliphatic carboxylic acids is 1. The Kier molecular flexibility index (Phi) is 11.4. The van der Waals surface area contributed by atoms with E-state index in [1.807, 2.05) is 0 Å². The predicted molar refractivity (Wildman–Crippen MR) is 104 cm³/mol. The quantitative estimate of drug-likeness (QED) is 0.340. The molecule has 3 heteroatoms. The average Bonchev–Trinajstić information content (AvgIpc) is 2.56. The minimum Gasteiger partial charge on any atom is -0.550 e. The van der Waals surface area contributed by atoms with E-state index in [1.54, 1.807) is 0 Å². The number of carbonyl (C=O) groups is 1. The van der Waals surface area contributed by atoms with Crippen molar-refractivity contribution < 1.29 is 14.4 Å². The van der Waals surface area contributed by atoms with E-state index in [1.165, 1.54) is 77.3 Å². The van der Waals surface area contributed by atoms with E-state index in [0.717, 1.165) is 30.2 Å². The number of carboxylic acid groups (broad SMARTS) is 1. The van der Waals surface area contributed by atoms with Gasteiger partial charge in [-0.25, -0.2) is 0 Å². The molecule has 0 aromatic rings. The molecule has 25 heavy (non-hydrogen) atoms. The highest BCUT2D eigenvalue weighted by Gasteiger charge is 2.27.